The Morgan fingerprint density at radius 1 is 1.50 bits per heavy atom. The number of ketones is 1. The standard InChI is InChI=1S/C8H14O2S2/c1-6(7(2)9)4-5-8(11-3)12-10/h6H,4-5H2,1-3H3. The molecule has 0 aliphatic heterocycles. The summed E-state index contributed by atoms with van der Waals surface area (Å²) in [5.41, 5.74) is 0. The number of hydrogen-bond donors (Lipinski definition) is 0. The minimum Gasteiger partial charge on any atom is -0.300 e. The largest absolute Gasteiger partial charge is 0.300 e. The molecule has 0 saturated carbocycles. The molecule has 0 heterocycles. The van der Waals surface area contributed by atoms with E-state index < -0.39 is 0 Å². The monoisotopic (exact) mass is 206 g/mol. The van der Waals surface area contributed by atoms with Crippen LogP contribution in [0, 0.1) is 5.92 Å². The van der Waals surface area contributed by atoms with Crippen LogP contribution in [0.2, 0.25) is 0 Å². The molecule has 1 unspecified atom stereocenters. The molecule has 0 aromatic rings. The minimum atomic E-state index is 0.0827. The fourth-order valence-electron chi connectivity index (χ4n) is 0.715. The van der Waals surface area contributed by atoms with Gasteiger partial charge in [-0.1, -0.05) is 6.92 Å². The van der Waals surface area contributed by atoms with E-state index in [1.54, 1.807) is 6.92 Å². The van der Waals surface area contributed by atoms with Crippen LogP contribution in [-0.4, -0.2) is 20.4 Å². The van der Waals surface area contributed by atoms with E-state index in [0.29, 0.717) is 11.3 Å². The van der Waals surface area contributed by atoms with Gasteiger partial charge >= 0.3 is 0 Å². The lowest BCUT2D eigenvalue weighted by Crippen LogP contribution is -2.07. The van der Waals surface area contributed by atoms with E-state index in [1.165, 1.54) is 11.8 Å². The molecular formula is C8H14O2S2. The van der Waals surface area contributed by atoms with Crippen molar-refractivity contribution in [1.82, 2.24) is 0 Å². The number of carbonyl (C=O) groups excluding carboxylic acids is 1. The maximum Gasteiger partial charge on any atom is 0.132 e. The van der Waals surface area contributed by atoms with Crippen LogP contribution in [0.15, 0.2) is 0 Å². The topological polar surface area (TPSA) is 34.1 Å². The van der Waals surface area contributed by atoms with E-state index in [2.05, 4.69) is 0 Å². The van der Waals surface area contributed by atoms with E-state index in [9.17, 15) is 9.00 Å². The smallest absolute Gasteiger partial charge is 0.132 e. The van der Waals surface area contributed by atoms with Gasteiger partial charge in [0, 0.05) is 5.92 Å². The highest BCUT2D eigenvalue weighted by atomic mass is 32.2. The van der Waals surface area contributed by atoms with Crippen LogP contribution in [0.4, 0.5) is 0 Å². The molecule has 0 aliphatic rings. The molecule has 0 rings (SSSR count). The predicted molar refractivity (Wildman–Crippen MR) is 55.7 cm³/mol. The summed E-state index contributed by atoms with van der Waals surface area (Å²) in [6, 6.07) is 0. The van der Waals surface area contributed by atoms with Crippen molar-refractivity contribution < 1.29 is 9.00 Å². The zero-order chi connectivity index (χ0) is 9.56. The van der Waals surface area contributed by atoms with Gasteiger partial charge in [0.2, 0.25) is 0 Å². The van der Waals surface area contributed by atoms with Gasteiger partial charge in [0.15, 0.2) is 0 Å². The summed E-state index contributed by atoms with van der Waals surface area (Å²) in [6.07, 6.45) is 3.43. The molecule has 70 valence electrons. The summed E-state index contributed by atoms with van der Waals surface area (Å²) in [7, 11) is 0. The molecule has 12 heavy (non-hydrogen) atoms. The lowest BCUT2D eigenvalue weighted by Gasteiger charge is -2.05. The first-order valence-electron chi connectivity index (χ1n) is 3.82. The number of carbonyl (C=O) groups is 1. The van der Waals surface area contributed by atoms with Crippen molar-refractivity contribution in [3.8, 4) is 0 Å². The Kier molecular flexibility index (Phi) is 6.38. The van der Waals surface area contributed by atoms with Crippen LogP contribution in [-0.2, 0) is 16.1 Å². The zero-order valence-electron chi connectivity index (χ0n) is 7.62. The third kappa shape index (κ3) is 4.72. The Bertz CT molecular complexity index is 207. The summed E-state index contributed by atoms with van der Waals surface area (Å²) in [6.45, 7) is 3.49. The molecule has 0 N–H and O–H groups in total. The van der Waals surface area contributed by atoms with Crippen molar-refractivity contribution in [2.75, 3.05) is 6.26 Å². The van der Waals surface area contributed by atoms with Crippen molar-refractivity contribution in [2.24, 2.45) is 5.92 Å². The quantitative estimate of drug-likeness (QED) is 0.657. The van der Waals surface area contributed by atoms with Gasteiger partial charge in [-0.3, -0.25) is 4.79 Å². The second kappa shape index (κ2) is 6.43. The van der Waals surface area contributed by atoms with Crippen molar-refractivity contribution in [2.45, 2.75) is 26.7 Å². The first-order chi connectivity index (χ1) is 5.61. The zero-order valence-corrected chi connectivity index (χ0v) is 9.26. The van der Waals surface area contributed by atoms with E-state index >= 15 is 0 Å². The first kappa shape index (κ1) is 11.9. The molecule has 0 amide bonds. The third-order valence-corrected chi connectivity index (χ3v) is 3.55. The molecule has 1 atom stereocenters. The van der Waals surface area contributed by atoms with Crippen molar-refractivity contribution in [3.05, 3.63) is 0 Å². The van der Waals surface area contributed by atoms with Crippen LogP contribution in [0.1, 0.15) is 26.7 Å². The van der Waals surface area contributed by atoms with Crippen molar-refractivity contribution >= 4 is 33.0 Å². The van der Waals surface area contributed by atoms with Crippen molar-refractivity contribution in [1.29, 1.82) is 0 Å². The summed E-state index contributed by atoms with van der Waals surface area (Å²) in [5, 5.41) is 0. The molecular weight excluding hydrogens is 192 g/mol. The fourth-order valence-corrected chi connectivity index (χ4v) is 1.51. The average molecular weight is 206 g/mol. The Balaban J connectivity index is 3.82. The third-order valence-electron chi connectivity index (χ3n) is 1.80. The maximum absolute atomic E-state index is 10.8. The minimum absolute atomic E-state index is 0.0827. The lowest BCUT2D eigenvalue weighted by molar-refractivity contribution is -0.120. The SMILES string of the molecule is CSC(CCC(C)C(C)=O)=S=O. The summed E-state index contributed by atoms with van der Waals surface area (Å²) in [4.78, 5) is 10.8. The second-order valence-electron chi connectivity index (χ2n) is 2.71. The van der Waals surface area contributed by atoms with Crippen LogP contribution >= 0.6 is 11.8 Å². The molecule has 2 nitrogen and oxygen atoms in total. The fraction of sp³-hybridized carbons (Fsp3) is 0.750. The Labute approximate surface area is 81.2 Å². The number of Topliss-reactive ketones (excluding diaryl/α,β-unsaturated/α-hetero) is 1. The van der Waals surface area contributed by atoms with Gasteiger partial charge < -0.3 is 0 Å². The van der Waals surface area contributed by atoms with E-state index in [0.717, 1.165) is 17.0 Å². The number of thioether (sulfide) groups is 1. The van der Waals surface area contributed by atoms with Gasteiger partial charge in [-0.05, 0) is 26.0 Å². The Morgan fingerprint density at radius 2 is 2.08 bits per heavy atom. The molecule has 0 saturated heterocycles. The average Bonchev–Trinajstić information content (AvgIpc) is 2.05. The normalized spacial score (nSPS) is 12.2. The van der Waals surface area contributed by atoms with E-state index in [-0.39, 0.29) is 11.7 Å². The molecule has 0 spiro atoms. The Morgan fingerprint density at radius 3 is 2.42 bits per heavy atom. The van der Waals surface area contributed by atoms with Gasteiger partial charge in [0.1, 0.15) is 5.78 Å². The van der Waals surface area contributed by atoms with Gasteiger partial charge in [0.25, 0.3) is 0 Å². The van der Waals surface area contributed by atoms with Crippen LogP contribution in [0.5, 0.6) is 0 Å². The van der Waals surface area contributed by atoms with Crippen LogP contribution in [0.25, 0.3) is 0 Å². The molecule has 0 fully saturated rings. The van der Waals surface area contributed by atoms with Gasteiger partial charge in [-0.15, -0.1) is 11.8 Å². The molecule has 0 bridgehead atoms. The molecule has 0 aromatic heterocycles. The molecule has 4 heteroatoms. The summed E-state index contributed by atoms with van der Waals surface area (Å²) in [5.74, 6) is 0.283. The number of rotatable bonds is 4. The maximum atomic E-state index is 10.8. The molecule has 0 aromatic carbocycles. The van der Waals surface area contributed by atoms with Crippen molar-refractivity contribution in [3.63, 3.8) is 0 Å². The van der Waals surface area contributed by atoms with Crippen LogP contribution in [0.3, 0.4) is 0 Å². The Hall–Kier alpha value is -0.0900. The van der Waals surface area contributed by atoms with Gasteiger partial charge in [-0.2, -0.15) is 0 Å². The molecule has 0 aliphatic carbocycles. The van der Waals surface area contributed by atoms with Gasteiger partial charge in [-0.25, -0.2) is 4.21 Å². The number of hydrogen-bond acceptors (Lipinski definition) is 3. The highest BCUT2D eigenvalue weighted by Gasteiger charge is 2.08. The summed E-state index contributed by atoms with van der Waals surface area (Å²) < 4.78 is 11.3. The van der Waals surface area contributed by atoms with Crippen LogP contribution < -0.4 is 0 Å². The lowest BCUT2D eigenvalue weighted by atomic mass is 10.0. The highest BCUT2D eigenvalue weighted by Crippen LogP contribution is 2.11. The van der Waals surface area contributed by atoms with E-state index in [1.807, 2.05) is 13.2 Å². The molecule has 0 radical (unpaired) electrons. The predicted octanol–water partition coefficient (Wildman–Crippen LogP) is 1.70. The van der Waals surface area contributed by atoms with E-state index in [4.69, 9.17) is 0 Å². The summed E-state index contributed by atoms with van der Waals surface area (Å²) >= 11 is 2.02. The highest BCUT2D eigenvalue weighted by molar-refractivity contribution is 8.20. The van der Waals surface area contributed by atoms with Gasteiger partial charge in [0.05, 0.1) is 15.5 Å². The second-order valence-corrected chi connectivity index (χ2v) is 4.53. The first-order valence-corrected chi connectivity index (χ1v) is 5.78.